The molecule has 1 aliphatic rings. The summed E-state index contributed by atoms with van der Waals surface area (Å²) in [6.45, 7) is 6.01. The lowest BCUT2D eigenvalue weighted by molar-refractivity contribution is -0.150. The first kappa shape index (κ1) is 61.3. The van der Waals surface area contributed by atoms with E-state index in [4.69, 9.17) is 29.8 Å². The number of nitrogen functional groups attached to an aromatic ring is 1. The third-order valence-corrected chi connectivity index (χ3v) is 18.3. The second-order valence-corrected chi connectivity index (χ2v) is 24.6. The highest BCUT2D eigenvalue weighted by atomic mass is 31.2. The Labute approximate surface area is 474 Å². The van der Waals surface area contributed by atoms with Crippen LogP contribution >= 0.6 is 15.0 Å². The van der Waals surface area contributed by atoms with Crippen molar-refractivity contribution in [2.45, 2.75) is 96.4 Å². The number of nitrogens with one attached hydrogen (secondary N) is 2. The summed E-state index contributed by atoms with van der Waals surface area (Å²) in [5.74, 6) is 0.230. The zero-order chi connectivity index (χ0) is 57.8. The van der Waals surface area contributed by atoms with Gasteiger partial charge in [0.05, 0.1) is 30.4 Å². The van der Waals surface area contributed by atoms with Crippen molar-refractivity contribution in [3.05, 3.63) is 192 Å². The Balaban J connectivity index is 0.000000509. The Morgan fingerprint density at radius 3 is 1.79 bits per heavy atom. The van der Waals surface area contributed by atoms with Crippen LogP contribution in [0.3, 0.4) is 0 Å². The van der Waals surface area contributed by atoms with Gasteiger partial charge < -0.3 is 50.6 Å². The number of amides is 3. The van der Waals surface area contributed by atoms with E-state index in [9.17, 15) is 28.9 Å². The van der Waals surface area contributed by atoms with Crippen LogP contribution in [0.15, 0.2) is 164 Å². The summed E-state index contributed by atoms with van der Waals surface area (Å²) in [6.07, 6.45) is -0.427. The third-order valence-electron chi connectivity index (χ3n) is 13.7. The molecular formula is C61H75N7O11P2. The SMILES string of the molecule is CCCP(=O)(CCCN)Oc1ccccc1.CCOC(=O)[C@H](C)OP(=O)(CCCNC(=O)c1cccc(CN2C(=O)N(Cc3ccc4[nH]nc(N)c4c3)[C@H](Cc3ccccc3)[C@H](O)[C@@H](O)[C@H]2Cc2ccccc2)c1)Oc1ccccc1. The average Bonchev–Trinajstić information content (AvgIpc) is 4.12. The molecule has 3 amide bonds. The molecule has 7 atom stereocenters. The lowest BCUT2D eigenvalue weighted by Crippen LogP contribution is -2.50. The van der Waals surface area contributed by atoms with Gasteiger partial charge in [-0.1, -0.05) is 122 Å². The minimum Gasteiger partial charge on any atom is -0.464 e. The minimum atomic E-state index is -3.89. The summed E-state index contributed by atoms with van der Waals surface area (Å²) in [7, 11) is -6.43. The first-order valence-corrected chi connectivity index (χ1v) is 31.2. The summed E-state index contributed by atoms with van der Waals surface area (Å²) >= 11 is 0. The van der Waals surface area contributed by atoms with Gasteiger partial charge in [0.2, 0.25) is 7.37 Å². The quantitative estimate of drug-likeness (QED) is 0.0168. The molecule has 2 heterocycles. The number of para-hydroxylation sites is 2. The number of nitrogens with zero attached hydrogens (tertiary/aromatic N) is 3. The number of carbonyl (C=O) groups is 3. The first-order valence-electron chi connectivity index (χ1n) is 27.4. The van der Waals surface area contributed by atoms with Crippen molar-refractivity contribution in [2.75, 3.05) is 43.9 Å². The highest BCUT2D eigenvalue weighted by molar-refractivity contribution is 7.59. The standard InChI is InChI=1S/C49H55N6O9P.C12H20NO2P/c1-3-62-48(59)33(2)63-65(61,64-39-21-11-6-12-22-39)26-14-25-51-47(58)38-20-13-19-36(27-38)31-54-42(29-34-15-7-4-8-16-34)44(56)45(57)43(30-35-17-9-5-10-18-35)55(49(54)60)32-37-23-24-41-40(28-37)46(50)53-52-41;1-2-10-16(14,11-6-9-13)15-12-7-4-3-5-8-12/h4-13,15-24,27-28,33,42-45,56-57H,3,14,25-26,29-32H2,1-2H3,(H,51,58)(H3,50,52,53);3-5,7-8H,2,6,9-11,13H2,1H3/t33-,42+,43+,44-,45-,65?;/m0./s1. The topological polar surface area (TPSA) is 262 Å². The zero-order valence-corrected chi connectivity index (χ0v) is 47.9. The van der Waals surface area contributed by atoms with Crippen LogP contribution in [0.2, 0.25) is 0 Å². The van der Waals surface area contributed by atoms with Gasteiger partial charge in [0.1, 0.15) is 23.7 Å². The molecule has 0 saturated carbocycles. The van der Waals surface area contributed by atoms with E-state index >= 15 is 4.79 Å². The molecule has 8 rings (SSSR count). The molecule has 1 aromatic heterocycles. The van der Waals surface area contributed by atoms with E-state index in [-0.39, 0.29) is 51.7 Å². The second-order valence-electron chi connectivity index (χ2n) is 19.9. The van der Waals surface area contributed by atoms with E-state index in [0.29, 0.717) is 52.7 Å². The average molecular weight is 1140 g/mol. The summed E-state index contributed by atoms with van der Waals surface area (Å²) in [4.78, 5) is 44.5. The summed E-state index contributed by atoms with van der Waals surface area (Å²) in [6, 6.07) is 47.2. The largest absolute Gasteiger partial charge is 0.464 e. The molecule has 1 fully saturated rings. The van der Waals surface area contributed by atoms with Crippen molar-refractivity contribution in [1.82, 2.24) is 25.3 Å². The molecule has 0 aliphatic carbocycles. The van der Waals surface area contributed by atoms with E-state index < -0.39 is 63.3 Å². The van der Waals surface area contributed by atoms with Crippen LogP contribution in [-0.4, -0.2) is 117 Å². The van der Waals surface area contributed by atoms with Gasteiger partial charge in [-0.25, -0.2) is 14.2 Å². The van der Waals surface area contributed by atoms with Gasteiger partial charge in [0.15, 0.2) is 11.9 Å². The smallest absolute Gasteiger partial charge is 0.380 e. The van der Waals surface area contributed by atoms with E-state index in [2.05, 4.69) is 15.5 Å². The lowest BCUT2D eigenvalue weighted by atomic mass is 9.91. The monoisotopic (exact) mass is 1140 g/mol. The van der Waals surface area contributed by atoms with E-state index in [1.165, 1.54) is 6.92 Å². The zero-order valence-electron chi connectivity index (χ0n) is 46.1. The predicted octanol–water partition coefficient (Wildman–Crippen LogP) is 9.99. The van der Waals surface area contributed by atoms with Crippen LogP contribution in [-0.2, 0) is 49.1 Å². The highest BCUT2D eigenvalue weighted by Crippen LogP contribution is 2.50. The van der Waals surface area contributed by atoms with Crippen molar-refractivity contribution < 1.29 is 52.0 Å². The summed E-state index contributed by atoms with van der Waals surface area (Å²) < 4.78 is 48.5. The Bertz CT molecular complexity index is 3200. The van der Waals surface area contributed by atoms with Crippen LogP contribution in [0.4, 0.5) is 10.6 Å². The number of aliphatic hydroxyl groups is 2. The first-order chi connectivity index (χ1) is 39.1. The van der Waals surface area contributed by atoms with Gasteiger partial charge in [0, 0.05) is 42.9 Å². The van der Waals surface area contributed by atoms with Crippen molar-refractivity contribution >= 4 is 49.6 Å². The fraction of sp³-hybridized carbons (Fsp3) is 0.344. The number of urea groups is 1. The van der Waals surface area contributed by atoms with Crippen LogP contribution in [0.25, 0.3) is 10.9 Å². The van der Waals surface area contributed by atoms with Crippen LogP contribution < -0.4 is 25.8 Å². The molecule has 18 nitrogen and oxygen atoms in total. The summed E-state index contributed by atoms with van der Waals surface area (Å²) in [5.41, 5.74) is 15.8. The lowest BCUT2D eigenvalue weighted by Gasteiger charge is -2.36. The Morgan fingerprint density at radius 2 is 1.23 bits per heavy atom. The number of carbonyl (C=O) groups excluding carboxylic acids is 3. The van der Waals surface area contributed by atoms with Crippen molar-refractivity contribution in [3.63, 3.8) is 0 Å². The number of nitrogens with two attached hydrogens (primary N) is 2. The fourth-order valence-electron chi connectivity index (χ4n) is 9.63. The fourth-order valence-corrected chi connectivity index (χ4v) is 13.7. The number of aromatic amines is 1. The minimum absolute atomic E-state index is 0.000496. The number of benzene rings is 6. The number of esters is 1. The Kier molecular flexibility index (Phi) is 22.7. The maximum Gasteiger partial charge on any atom is 0.380 e. The number of hydrogen-bond donors (Lipinski definition) is 6. The molecular weight excluding hydrogens is 1070 g/mol. The maximum absolute atomic E-state index is 15.3. The number of rotatable bonds is 26. The van der Waals surface area contributed by atoms with E-state index in [1.807, 2.05) is 116 Å². The second kappa shape index (κ2) is 30.0. The van der Waals surface area contributed by atoms with Gasteiger partial charge in [-0.3, -0.25) is 19.0 Å². The molecule has 0 radical (unpaired) electrons. The molecule has 1 saturated heterocycles. The van der Waals surface area contributed by atoms with Gasteiger partial charge >= 0.3 is 19.6 Å². The number of H-pyrrole nitrogens is 1. The Hall–Kier alpha value is -7.30. The number of aromatic nitrogens is 2. The van der Waals surface area contributed by atoms with E-state index in [1.54, 1.807) is 71.3 Å². The predicted molar refractivity (Wildman–Crippen MR) is 315 cm³/mol. The molecule has 81 heavy (non-hydrogen) atoms. The normalized spacial score (nSPS) is 18.1. The molecule has 7 aromatic rings. The molecule has 430 valence electrons. The molecule has 0 spiro atoms. The molecule has 6 aromatic carbocycles. The maximum atomic E-state index is 15.3. The molecule has 0 bridgehead atoms. The van der Waals surface area contributed by atoms with Crippen molar-refractivity contribution in [3.8, 4) is 11.5 Å². The van der Waals surface area contributed by atoms with Gasteiger partial charge in [-0.15, -0.1) is 0 Å². The van der Waals surface area contributed by atoms with Crippen LogP contribution in [0.5, 0.6) is 11.5 Å². The van der Waals surface area contributed by atoms with Gasteiger partial charge in [-0.05, 0) is 123 Å². The summed E-state index contributed by atoms with van der Waals surface area (Å²) in [5, 5.41) is 35.0. The number of ether oxygens (including phenoxy) is 1. The van der Waals surface area contributed by atoms with Crippen LogP contribution in [0.1, 0.15) is 72.6 Å². The number of fused-ring (bicyclic) bond motifs is 1. The number of hydrogen-bond acceptors (Lipinski definition) is 14. The number of anilines is 1. The van der Waals surface area contributed by atoms with Crippen LogP contribution in [0, 0.1) is 0 Å². The molecule has 1 aliphatic heterocycles. The molecule has 8 N–H and O–H groups in total. The molecule has 2 unspecified atom stereocenters. The van der Waals surface area contributed by atoms with Crippen molar-refractivity contribution in [1.29, 1.82) is 0 Å². The van der Waals surface area contributed by atoms with Gasteiger partial charge in [0.25, 0.3) is 5.91 Å². The highest BCUT2D eigenvalue weighted by Gasteiger charge is 2.46. The van der Waals surface area contributed by atoms with E-state index in [0.717, 1.165) is 35.0 Å². The molecule has 20 heteroatoms. The number of aliphatic hydroxyl groups excluding tert-OH is 2. The Morgan fingerprint density at radius 1 is 0.691 bits per heavy atom. The van der Waals surface area contributed by atoms with Gasteiger partial charge in [-0.2, -0.15) is 5.10 Å². The van der Waals surface area contributed by atoms with Crippen molar-refractivity contribution in [2.24, 2.45) is 5.73 Å². The third kappa shape index (κ3) is 17.6.